The highest BCUT2D eigenvalue weighted by Crippen LogP contribution is 2.39. The first-order valence-corrected chi connectivity index (χ1v) is 9.76. The van der Waals surface area contributed by atoms with Crippen LogP contribution in [0.4, 0.5) is 0 Å². The fraction of sp³-hybridized carbons (Fsp3) is 0.294. The van der Waals surface area contributed by atoms with Crippen molar-refractivity contribution in [3.8, 4) is 0 Å². The Morgan fingerprint density at radius 1 is 1.18 bits per heavy atom. The van der Waals surface area contributed by atoms with Crippen molar-refractivity contribution in [2.75, 3.05) is 20.6 Å². The van der Waals surface area contributed by atoms with E-state index in [0.717, 1.165) is 35.2 Å². The number of fused-ring (bicyclic) bond motifs is 2. The van der Waals surface area contributed by atoms with Crippen LogP contribution < -0.4 is 0 Å². The first-order chi connectivity index (χ1) is 10.5. The Bertz CT molecular complexity index is 817. The van der Waals surface area contributed by atoms with Crippen molar-refractivity contribution in [3.05, 3.63) is 58.5 Å². The summed E-state index contributed by atoms with van der Waals surface area (Å²) in [4.78, 5) is 2.13. The Hall–Kier alpha value is -1.43. The lowest BCUT2D eigenvalue weighted by Gasteiger charge is -2.11. The van der Waals surface area contributed by atoms with Crippen molar-refractivity contribution >= 4 is 26.7 Å². The highest BCUT2D eigenvalue weighted by Gasteiger charge is 2.28. The molecule has 0 N–H and O–H groups in total. The molecule has 0 saturated heterocycles. The van der Waals surface area contributed by atoms with E-state index < -0.39 is 9.84 Å². The first-order valence-electron chi connectivity index (χ1n) is 7.23. The Kier molecular flexibility index (Phi) is 4.21. The third-order valence-electron chi connectivity index (χ3n) is 3.78. The largest absolute Gasteiger partial charge is 0.309 e. The van der Waals surface area contributed by atoms with Crippen molar-refractivity contribution in [1.29, 1.82) is 0 Å². The number of rotatable bonds is 3. The Labute approximate surface area is 135 Å². The summed E-state index contributed by atoms with van der Waals surface area (Å²) >= 11 is 1.32. The lowest BCUT2D eigenvalue weighted by molar-refractivity contribution is 0.417. The van der Waals surface area contributed by atoms with Gasteiger partial charge in [-0.2, -0.15) is 0 Å². The third-order valence-corrected chi connectivity index (χ3v) is 7.01. The van der Waals surface area contributed by atoms with Gasteiger partial charge in [0.05, 0.1) is 5.75 Å². The van der Waals surface area contributed by atoms with Crippen LogP contribution in [-0.2, 0) is 15.6 Å². The van der Waals surface area contributed by atoms with Gasteiger partial charge in [-0.15, -0.1) is 11.3 Å². The van der Waals surface area contributed by atoms with Crippen LogP contribution in [0.5, 0.6) is 0 Å². The molecular weight excluding hydrogens is 314 g/mol. The van der Waals surface area contributed by atoms with Crippen molar-refractivity contribution in [3.63, 3.8) is 0 Å². The summed E-state index contributed by atoms with van der Waals surface area (Å²) in [6.07, 6.45) is 3.07. The number of nitrogens with zero attached hydrogens (tertiary/aromatic N) is 1. The second kappa shape index (κ2) is 5.99. The van der Waals surface area contributed by atoms with Crippen LogP contribution in [0.25, 0.3) is 5.57 Å². The normalized spacial score (nSPS) is 18.0. The molecule has 0 unspecified atom stereocenters. The molecular formula is C17H19NO2S2. The van der Waals surface area contributed by atoms with Crippen LogP contribution in [0, 0.1) is 0 Å². The molecule has 0 saturated carbocycles. The molecule has 2 heterocycles. The zero-order valence-corrected chi connectivity index (χ0v) is 14.4. The maximum atomic E-state index is 12.6. The van der Waals surface area contributed by atoms with Crippen LogP contribution in [0.2, 0.25) is 0 Å². The fourth-order valence-corrected chi connectivity index (χ4v) is 5.62. The Morgan fingerprint density at radius 3 is 2.73 bits per heavy atom. The van der Waals surface area contributed by atoms with E-state index >= 15 is 0 Å². The van der Waals surface area contributed by atoms with Crippen molar-refractivity contribution in [1.82, 2.24) is 4.90 Å². The highest BCUT2D eigenvalue weighted by atomic mass is 32.2. The van der Waals surface area contributed by atoms with Gasteiger partial charge in [0.2, 0.25) is 0 Å². The fourth-order valence-electron chi connectivity index (χ4n) is 2.75. The Balaban J connectivity index is 2.17. The summed E-state index contributed by atoms with van der Waals surface area (Å²) in [5, 5.41) is 1.87. The van der Waals surface area contributed by atoms with Crippen LogP contribution in [0.15, 0.2) is 46.0 Å². The summed E-state index contributed by atoms with van der Waals surface area (Å²) in [6.45, 7) is 0.942. The first kappa shape index (κ1) is 15.5. The van der Waals surface area contributed by atoms with E-state index in [1.54, 1.807) is 0 Å². The van der Waals surface area contributed by atoms with Gasteiger partial charge in [0.1, 0.15) is 4.21 Å². The number of hydrogen-bond acceptors (Lipinski definition) is 4. The molecule has 0 aliphatic carbocycles. The van der Waals surface area contributed by atoms with Crippen LogP contribution in [-0.4, -0.2) is 34.0 Å². The molecule has 22 heavy (non-hydrogen) atoms. The minimum absolute atomic E-state index is 0.0850. The van der Waals surface area contributed by atoms with Gasteiger partial charge in [-0.25, -0.2) is 8.42 Å². The van der Waals surface area contributed by atoms with E-state index in [2.05, 4.69) is 11.0 Å². The highest BCUT2D eigenvalue weighted by molar-refractivity contribution is 7.92. The van der Waals surface area contributed by atoms with E-state index in [4.69, 9.17) is 0 Å². The van der Waals surface area contributed by atoms with Crippen LogP contribution in [0.1, 0.15) is 23.1 Å². The van der Waals surface area contributed by atoms with Gasteiger partial charge in [0.25, 0.3) is 0 Å². The average Bonchev–Trinajstić information content (AvgIpc) is 2.91. The number of benzene rings is 1. The molecule has 0 amide bonds. The molecule has 1 aromatic heterocycles. The molecule has 5 heteroatoms. The van der Waals surface area contributed by atoms with Gasteiger partial charge in [-0.05, 0) is 48.7 Å². The standard InChI is InChI=1S/C17H19NO2S2/c1-18(2)10-5-8-15-14-7-4-3-6-13(14)12-22(19,20)17-16(15)9-11-21-17/h3-4,6-9,11H,5,10,12H2,1-2H3/b15-8+. The SMILES string of the molecule is CN(C)CC/C=C1\c2ccccc2CS(=O)(=O)c2sccc21. The monoisotopic (exact) mass is 333 g/mol. The molecule has 0 spiro atoms. The average molecular weight is 333 g/mol. The van der Waals surface area contributed by atoms with E-state index in [0.29, 0.717) is 4.21 Å². The minimum atomic E-state index is -3.26. The van der Waals surface area contributed by atoms with Crippen molar-refractivity contribution in [2.45, 2.75) is 16.4 Å². The summed E-state index contributed by atoms with van der Waals surface area (Å²) in [7, 11) is 0.828. The lowest BCUT2D eigenvalue weighted by atomic mass is 9.95. The van der Waals surface area contributed by atoms with Gasteiger partial charge in [-0.3, -0.25) is 0 Å². The van der Waals surface area contributed by atoms with Gasteiger partial charge >= 0.3 is 0 Å². The molecule has 1 aromatic carbocycles. The molecule has 1 aliphatic rings. The molecule has 3 nitrogen and oxygen atoms in total. The Morgan fingerprint density at radius 2 is 1.95 bits per heavy atom. The van der Waals surface area contributed by atoms with Gasteiger partial charge < -0.3 is 4.90 Å². The maximum Gasteiger partial charge on any atom is 0.192 e. The van der Waals surface area contributed by atoms with Crippen molar-refractivity contribution in [2.24, 2.45) is 0 Å². The second-order valence-electron chi connectivity index (χ2n) is 5.75. The van der Waals surface area contributed by atoms with Gasteiger partial charge in [0.15, 0.2) is 9.84 Å². The number of hydrogen-bond donors (Lipinski definition) is 0. The van der Waals surface area contributed by atoms with Gasteiger partial charge in [-0.1, -0.05) is 30.3 Å². The molecule has 3 rings (SSSR count). The molecule has 0 atom stereocenters. The zero-order chi connectivity index (χ0) is 15.7. The quantitative estimate of drug-likeness (QED) is 0.864. The van der Waals surface area contributed by atoms with Crippen LogP contribution >= 0.6 is 11.3 Å². The summed E-state index contributed by atoms with van der Waals surface area (Å²) in [6, 6.07) is 9.76. The summed E-state index contributed by atoms with van der Waals surface area (Å²) in [5.74, 6) is 0.0850. The summed E-state index contributed by atoms with van der Waals surface area (Å²) in [5.41, 5.74) is 3.84. The van der Waals surface area contributed by atoms with E-state index in [9.17, 15) is 8.42 Å². The predicted molar refractivity (Wildman–Crippen MR) is 91.9 cm³/mol. The van der Waals surface area contributed by atoms with E-state index in [1.807, 2.05) is 49.8 Å². The molecule has 0 bridgehead atoms. The maximum absolute atomic E-state index is 12.6. The molecule has 116 valence electrons. The molecule has 1 aliphatic heterocycles. The predicted octanol–water partition coefficient (Wildman–Crippen LogP) is 3.42. The topological polar surface area (TPSA) is 37.4 Å². The number of thiophene rings is 1. The van der Waals surface area contributed by atoms with E-state index in [-0.39, 0.29) is 5.75 Å². The molecule has 0 radical (unpaired) electrons. The summed E-state index contributed by atoms with van der Waals surface area (Å²) < 4.78 is 25.7. The second-order valence-corrected chi connectivity index (χ2v) is 8.85. The zero-order valence-electron chi connectivity index (χ0n) is 12.7. The molecule has 2 aromatic rings. The molecule has 0 fully saturated rings. The lowest BCUT2D eigenvalue weighted by Crippen LogP contribution is -2.12. The third kappa shape index (κ3) is 2.89. The van der Waals surface area contributed by atoms with E-state index in [1.165, 1.54) is 11.3 Å². The smallest absolute Gasteiger partial charge is 0.192 e. The van der Waals surface area contributed by atoms with Gasteiger partial charge in [0, 0.05) is 12.1 Å². The van der Waals surface area contributed by atoms with Crippen LogP contribution in [0.3, 0.4) is 0 Å². The van der Waals surface area contributed by atoms with Crippen molar-refractivity contribution < 1.29 is 8.42 Å². The number of sulfone groups is 1. The minimum Gasteiger partial charge on any atom is -0.309 e.